The Morgan fingerprint density at radius 3 is 2.52 bits per heavy atom. The molecule has 0 spiro atoms. The molecule has 0 atom stereocenters. The maximum Gasteiger partial charge on any atom is 0.340 e. The minimum atomic E-state index is -0.431. The van der Waals surface area contributed by atoms with E-state index in [4.69, 9.17) is 16.2 Å². The van der Waals surface area contributed by atoms with Crippen LogP contribution in [0.25, 0.3) is 0 Å². The summed E-state index contributed by atoms with van der Waals surface area (Å²) in [4.78, 5) is 28.6. The second-order valence-corrected chi connectivity index (χ2v) is 6.24. The first-order valence-electron chi connectivity index (χ1n) is 8.63. The van der Waals surface area contributed by atoms with Crippen molar-refractivity contribution in [2.45, 2.75) is 32.6 Å². The van der Waals surface area contributed by atoms with Gasteiger partial charge in [-0.15, -0.1) is 0 Å². The lowest BCUT2D eigenvalue weighted by molar-refractivity contribution is -0.121. The van der Waals surface area contributed by atoms with Crippen LogP contribution in [0.15, 0.2) is 29.3 Å². The lowest BCUT2D eigenvalue weighted by atomic mass is 9.81. The molecule has 0 saturated heterocycles. The van der Waals surface area contributed by atoms with E-state index in [1.807, 2.05) is 0 Å². The third-order valence-corrected chi connectivity index (χ3v) is 4.43. The van der Waals surface area contributed by atoms with E-state index in [1.54, 1.807) is 31.2 Å². The van der Waals surface area contributed by atoms with E-state index in [-0.39, 0.29) is 17.8 Å². The number of ether oxygens (including phenoxy) is 1. The maximum atomic E-state index is 12.5. The summed E-state index contributed by atoms with van der Waals surface area (Å²) >= 11 is 0. The third-order valence-electron chi connectivity index (χ3n) is 4.43. The number of carbonyl (C=O) groups is 2. The Morgan fingerprint density at radius 1 is 1.20 bits per heavy atom. The van der Waals surface area contributed by atoms with Crippen LogP contribution in [0.1, 0.15) is 43.0 Å². The van der Waals surface area contributed by atoms with Crippen molar-refractivity contribution in [2.24, 2.45) is 28.3 Å². The molecule has 2 rings (SSSR count). The first-order chi connectivity index (χ1) is 12.0. The van der Waals surface area contributed by atoms with Crippen molar-refractivity contribution >= 4 is 23.5 Å². The largest absolute Gasteiger partial charge is 0.462 e. The summed E-state index contributed by atoms with van der Waals surface area (Å²) in [6, 6.07) is 6.90. The number of nitrogens with one attached hydrogen (secondary N) is 1. The number of para-hydroxylation sites is 1. The Kier molecular flexibility index (Phi) is 6.80. The normalized spacial score (nSPS) is 19.7. The van der Waals surface area contributed by atoms with Gasteiger partial charge in [-0.05, 0) is 50.7 Å². The second kappa shape index (κ2) is 9.05. The number of anilines is 1. The van der Waals surface area contributed by atoms with Crippen molar-refractivity contribution in [3.8, 4) is 0 Å². The zero-order valence-corrected chi connectivity index (χ0v) is 14.5. The number of hydrogen-bond acceptors (Lipinski definition) is 4. The standard InChI is InChI=1S/C18H26N4O3/c1-2-25-17(24)14-5-3-4-6-15(14)22-16(23)13-9-7-12(8-10-13)11-21-18(19)20/h3-6,12-13H,2,7-11H2,1H3,(H,22,23)(H4,19,20,21). The fraction of sp³-hybridized carbons (Fsp3) is 0.500. The molecular weight excluding hydrogens is 320 g/mol. The quantitative estimate of drug-likeness (QED) is 0.413. The van der Waals surface area contributed by atoms with Gasteiger partial charge in [0.15, 0.2) is 5.96 Å². The molecule has 1 aromatic rings. The number of amides is 1. The smallest absolute Gasteiger partial charge is 0.340 e. The molecule has 1 aromatic carbocycles. The molecule has 1 aliphatic carbocycles. The summed E-state index contributed by atoms with van der Waals surface area (Å²) in [6.07, 6.45) is 3.40. The average molecular weight is 346 g/mol. The monoisotopic (exact) mass is 346 g/mol. The molecule has 0 bridgehead atoms. The Balaban J connectivity index is 1.93. The molecule has 1 saturated carbocycles. The number of guanidine groups is 1. The van der Waals surface area contributed by atoms with E-state index in [1.165, 1.54) is 0 Å². The summed E-state index contributed by atoms with van der Waals surface area (Å²) < 4.78 is 5.03. The molecule has 1 amide bonds. The van der Waals surface area contributed by atoms with Crippen LogP contribution in [-0.4, -0.2) is 31.0 Å². The molecule has 136 valence electrons. The minimum Gasteiger partial charge on any atom is -0.462 e. The SMILES string of the molecule is CCOC(=O)c1ccccc1NC(=O)C1CCC(CN=C(N)N)CC1. The van der Waals surface area contributed by atoms with Gasteiger partial charge in [0.1, 0.15) is 0 Å². The first kappa shape index (κ1) is 18.8. The van der Waals surface area contributed by atoms with Crippen LogP contribution >= 0.6 is 0 Å². The molecule has 0 aromatic heterocycles. The van der Waals surface area contributed by atoms with Gasteiger partial charge in [-0.1, -0.05) is 12.1 Å². The second-order valence-electron chi connectivity index (χ2n) is 6.24. The zero-order chi connectivity index (χ0) is 18.2. The fourth-order valence-corrected chi connectivity index (χ4v) is 3.06. The van der Waals surface area contributed by atoms with Gasteiger partial charge >= 0.3 is 5.97 Å². The predicted molar refractivity (Wildman–Crippen MR) is 97.2 cm³/mol. The minimum absolute atomic E-state index is 0.0583. The molecule has 0 radical (unpaired) electrons. The van der Waals surface area contributed by atoms with Gasteiger partial charge in [0.25, 0.3) is 0 Å². The molecule has 25 heavy (non-hydrogen) atoms. The summed E-state index contributed by atoms with van der Waals surface area (Å²) in [5, 5.41) is 2.88. The van der Waals surface area contributed by atoms with Gasteiger partial charge in [0.2, 0.25) is 5.91 Å². The molecule has 1 aliphatic rings. The van der Waals surface area contributed by atoms with Crippen molar-refractivity contribution in [1.29, 1.82) is 0 Å². The van der Waals surface area contributed by atoms with Crippen molar-refractivity contribution < 1.29 is 14.3 Å². The van der Waals surface area contributed by atoms with Gasteiger partial charge in [-0.3, -0.25) is 9.79 Å². The van der Waals surface area contributed by atoms with Crippen LogP contribution in [0.5, 0.6) is 0 Å². The number of hydrogen-bond donors (Lipinski definition) is 3. The van der Waals surface area contributed by atoms with E-state index in [9.17, 15) is 9.59 Å². The van der Waals surface area contributed by atoms with Crippen LogP contribution < -0.4 is 16.8 Å². The molecule has 7 heteroatoms. The van der Waals surface area contributed by atoms with Crippen LogP contribution in [0, 0.1) is 11.8 Å². The molecule has 0 unspecified atom stereocenters. The summed E-state index contributed by atoms with van der Waals surface area (Å²) in [5.74, 6) is -0.0320. The number of carbonyl (C=O) groups excluding carboxylic acids is 2. The summed E-state index contributed by atoms with van der Waals surface area (Å²) in [5.41, 5.74) is 11.6. The van der Waals surface area contributed by atoms with Crippen LogP contribution in [0.4, 0.5) is 5.69 Å². The molecule has 5 N–H and O–H groups in total. The average Bonchev–Trinajstić information content (AvgIpc) is 2.61. The topological polar surface area (TPSA) is 120 Å². The number of aliphatic imine (C=N–C) groups is 1. The van der Waals surface area contributed by atoms with Gasteiger partial charge in [-0.25, -0.2) is 4.79 Å². The Labute approximate surface area is 147 Å². The van der Waals surface area contributed by atoms with E-state index < -0.39 is 5.97 Å². The Hall–Kier alpha value is -2.57. The van der Waals surface area contributed by atoms with Crippen molar-refractivity contribution in [1.82, 2.24) is 0 Å². The van der Waals surface area contributed by atoms with Crippen LogP contribution in [0.3, 0.4) is 0 Å². The molecule has 0 heterocycles. The highest BCUT2D eigenvalue weighted by Crippen LogP contribution is 2.30. The van der Waals surface area contributed by atoms with Gasteiger partial charge in [0.05, 0.1) is 17.9 Å². The summed E-state index contributed by atoms with van der Waals surface area (Å²) in [6.45, 7) is 2.66. The Morgan fingerprint density at radius 2 is 1.88 bits per heavy atom. The van der Waals surface area contributed by atoms with Crippen molar-refractivity contribution in [3.63, 3.8) is 0 Å². The van der Waals surface area contributed by atoms with Crippen LogP contribution in [-0.2, 0) is 9.53 Å². The van der Waals surface area contributed by atoms with Gasteiger partial charge < -0.3 is 21.5 Å². The van der Waals surface area contributed by atoms with Crippen molar-refractivity contribution in [3.05, 3.63) is 29.8 Å². The predicted octanol–water partition coefficient (Wildman–Crippen LogP) is 1.88. The van der Waals surface area contributed by atoms with E-state index in [2.05, 4.69) is 10.3 Å². The first-order valence-corrected chi connectivity index (χ1v) is 8.63. The number of esters is 1. The number of benzene rings is 1. The number of nitrogens with zero attached hydrogens (tertiary/aromatic N) is 1. The lowest BCUT2D eigenvalue weighted by Crippen LogP contribution is -2.29. The number of rotatable bonds is 6. The summed E-state index contributed by atoms with van der Waals surface area (Å²) in [7, 11) is 0. The molecule has 7 nitrogen and oxygen atoms in total. The lowest BCUT2D eigenvalue weighted by Gasteiger charge is -2.27. The molecule has 1 fully saturated rings. The third kappa shape index (κ3) is 5.48. The van der Waals surface area contributed by atoms with Crippen LogP contribution in [0.2, 0.25) is 0 Å². The van der Waals surface area contributed by atoms with E-state index in [0.717, 1.165) is 25.7 Å². The highest BCUT2D eigenvalue weighted by atomic mass is 16.5. The highest BCUT2D eigenvalue weighted by molar-refractivity contribution is 6.01. The van der Waals surface area contributed by atoms with Gasteiger partial charge in [0, 0.05) is 12.5 Å². The number of nitrogens with two attached hydrogens (primary N) is 2. The van der Waals surface area contributed by atoms with E-state index in [0.29, 0.717) is 30.3 Å². The highest BCUT2D eigenvalue weighted by Gasteiger charge is 2.27. The van der Waals surface area contributed by atoms with Crippen molar-refractivity contribution in [2.75, 3.05) is 18.5 Å². The maximum absolute atomic E-state index is 12.5. The molecular formula is C18H26N4O3. The zero-order valence-electron chi connectivity index (χ0n) is 14.5. The Bertz CT molecular complexity index is 633. The van der Waals surface area contributed by atoms with E-state index >= 15 is 0 Å². The molecule has 0 aliphatic heterocycles. The van der Waals surface area contributed by atoms with Gasteiger partial charge in [-0.2, -0.15) is 0 Å². The fourth-order valence-electron chi connectivity index (χ4n) is 3.06.